The molecule has 1 aromatic carbocycles. The van der Waals surface area contributed by atoms with Crippen molar-refractivity contribution in [2.45, 2.75) is 44.2 Å². The molecule has 134 valence electrons. The van der Waals surface area contributed by atoms with E-state index in [0.29, 0.717) is 38.2 Å². The number of hydrogen-bond donors (Lipinski definition) is 2. The normalized spacial score (nSPS) is 28.0. The van der Waals surface area contributed by atoms with Gasteiger partial charge < -0.3 is 20.1 Å². The molecule has 0 unspecified atom stereocenters. The summed E-state index contributed by atoms with van der Waals surface area (Å²) in [5, 5.41) is 13.3. The first-order valence-electron chi connectivity index (χ1n) is 9.07. The van der Waals surface area contributed by atoms with Crippen LogP contribution in [0.4, 0.5) is 5.69 Å². The Balaban J connectivity index is 1.47. The van der Waals surface area contributed by atoms with Crippen LogP contribution in [0, 0.1) is 5.41 Å². The predicted molar refractivity (Wildman–Crippen MR) is 92.4 cm³/mol. The molecule has 3 fully saturated rings. The van der Waals surface area contributed by atoms with Crippen molar-refractivity contribution in [1.82, 2.24) is 5.32 Å². The molecule has 2 atom stereocenters. The SMILES string of the molecule is O=C(N[C@@H]1C[C@@H](O)C12CCOCC2)c1cccc(N2CCCC2=O)c1. The van der Waals surface area contributed by atoms with Crippen LogP contribution in [0.25, 0.3) is 0 Å². The summed E-state index contributed by atoms with van der Waals surface area (Å²) in [7, 11) is 0. The second-order valence-corrected chi connectivity index (χ2v) is 7.32. The lowest BCUT2D eigenvalue weighted by Crippen LogP contribution is -2.65. The predicted octanol–water partition coefficient (Wildman–Crippen LogP) is 1.47. The van der Waals surface area contributed by atoms with Gasteiger partial charge in [0.05, 0.1) is 6.10 Å². The first kappa shape index (κ1) is 16.5. The first-order valence-corrected chi connectivity index (χ1v) is 9.07. The van der Waals surface area contributed by atoms with Crippen LogP contribution in [-0.2, 0) is 9.53 Å². The Bertz CT molecular complexity index is 684. The van der Waals surface area contributed by atoms with Gasteiger partial charge in [0.2, 0.25) is 5.91 Å². The molecular weight excluding hydrogens is 320 g/mol. The van der Waals surface area contributed by atoms with Crippen molar-refractivity contribution in [3.8, 4) is 0 Å². The summed E-state index contributed by atoms with van der Waals surface area (Å²) in [6.45, 7) is 1.98. The fraction of sp³-hybridized carbons (Fsp3) is 0.579. The maximum absolute atomic E-state index is 12.7. The maximum atomic E-state index is 12.7. The fourth-order valence-electron chi connectivity index (χ4n) is 4.38. The summed E-state index contributed by atoms with van der Waals surface area (Å²) in [5.41, 5.74) is 1.10. The number of aliphatic hydroxyl groups excluding tert-OH is 1. The molecule has 0 aromatic heterocycles. The molecule has 2 N–H and O–H groups in total. The zero-order valence-electron chi connectivity index (χ0n) is 14.2. The van der Waals surface area contributed by atoms with Gasteiger partial charge in [-0.05, 0) is 43.9 Å². The highest BCUT2D eigenvalue weighted by Crippen LogP contribution is 2.49. The molecule has 2 amide bonds. The van der Waals surface area contributed by atoms with E-state index in [-0.39, 0.29) is 29.4 Å². The lowest BCUT2D eigenvalue weighted by Gasteiger charge is -2.55. The third kappa shape index (κ3) is 2.83. The average molecular weight is 344 g/mol. The molecule has 2 saturated heterocycles. The number of nitrogens with zero attached hydrogens (tertiary/aromatic N) is 1. The Hall–Kier alpha value is -1.92. The van der Waals surface area contributed by atoms with E-state index in [1.54, 1.807) is 17.0 Å². The topological polar surface area (TPSA) is 78.9 Å². The van der Waals surface area contributed by atoms with Gasteiger partial charge in [-0.3, -0.25) is 9.59 Å². The van der Waals surface area contributed by atoms with Gasteiger partial charge in [-0.25, -0.2) is 0 Å². The van der Waals surface area contributed by atoms with Gasteiger partial charge in [0.15, 0.2) is 0 Å². The summed E-state index contributed by atoms with van der Waals surface area (Å²) in [6.07, 6.45) is 3.22. The van der Waals surface area contributed by atoms with Gasteiger partial charge in [-0.1, -0.05) is 6.07 Å². The largest absolute Gasteiger partial charge is 0.392 e. The minimum Gasteiger partial charge on any atom is -0.392 e. The average Bonchev–Trinajstić information content (AvgIpc) is 3.08. The molecule has 2 aliphatic heterocycles. The van der Waals surface area contributed by atoms with E-state index in [2.05, 4.69) is 5.32 Å². The van der Waals surface area contributed by atoms with E-state index in [9.17, 15) is 14.7 Å². The molecule has 1 aromatic rings. The third-order valence-electron chi connectivity index (χ3n) is 6.04. The third-order valence-corrected chi connectivity index (χ3v) is 6.04. The second-order valence-electron chi connectivity index (χ2n) is 7.32. The molecule has 3 aliphatic rings. The van der Waals surface area contributed by atoms with Crippen molar-refractivity contribution in [2.24, 2.45) is 5.41 Å². The van der Waals surface area contributed by atoms with E-state index in [0.717, 1.165) is 24.9 Å². The number of carbonyl (C=O) groups excluding carboxylic acids is 2. The quantitative estimate of drug-likeness (QED) is 0.870. The Morgan fingerprint density at radius 3 is 2.80 bits per heavy atom. The van der Waals surface area contributed by atoms with Crippen molar-refractivity contribution in [3.05, 3.63) is 29.8 Å². The van der Waals surface area contributed by atoms with Gasteiger partial charge in [0, 0.05) is 48.9 Å². The van der Waals surface area contributed by atoms with Gasteiger partial charge >= 0.3 is 0 Å². The van der Waals surface area contributed by atoms with Crippen LogP contribution in [0.15, 0.2) is 24.3 Å². The summed E-state index contributed by atoms with van der Waals surface area (Å²) < 4.78 is 5.41. The molecular formula is C19H24N2O4. The van der Waals surface area contributed by atoms with Crippen molar-refractivity contribution in [3.63, 3.8) is 0 Å². The molecule has 1 aliphatic carbocycles. The zero-order valence-corrected chi connectivity index (χ0v) is 14.2. The molecule has 0 bridgehead atoms. The monoisotopic (exact) mass is 344 g/mol. The van der Waals surface area contributed by atoms with Gasteiger partial charge in [0.25, 0.3) is 5.91 Å². The number of amides is 2. The number of aliphatic hydroxyl groups is 1. The number of benzene rings is 1. The van der Waals surface area contributed by atoms with Crippen LogP contribution in [0.1, 0.15) is 42.5 Å². The molecule has 1 saturated carbocycles. The maximum Gasteiger partial charge on any atom is 0.251 e. The number of hydrogen-bond acceptors (Lipinski definition) is 4. The van der Waals surface area contributed by atoms with Crippen molar-refractivity contribution >= 4 is 17.5 Å². The van der Waals surface area contributed by atoms with Crippen molar-refractivity contribution in [1.29, 1.82) is 0 Å². The van der Waals surface area contributed by atoms with Crippen LogP contribution in [0.5, 0.6) is 0 Å². The summed E-state index contributed by atoms with van der Waals surface area (Å²) in [5.74, 6) is -0.0305. The lowest BCUT2D eigenvalue weighted by atomic mass is 9.58. The molecule has 6 nitrogen and oxygen atoms in total. The smallest absolute Gasteiger partial charge is 0.251 e. The minimum absolute atomic E-state index is 0.0176. The molecule has 6 heteroatoms. The Labute approximate surface area is 147 Å². The number of carbonyl (C=O) groups is 2. The van der Waals surface area contributed by atoms with Gasteiger partial charge in [0.1, 0.15) is 0 Å². The minimum atomic E-state index is -0.366. The highest BCUT2D eigenvalue weighted by molar-refractivity contribution is 5.99. The van der Waals surface area contributed by atoms with E-state index in [1.165, 1.54) is 0 Å². The van der Waals surface area contributed by atoms with E-state index >= 15 is 0 Å². The second kappa shape index (κ2) is 6.42. The van der Waals surface area contributed by atoms with E-state index in [1.807, 2.05) is 12.1 Å². The molecule has 0 radical (unpaired) electrons. The van der Waals surface area contributed by atoms with Gasteiger partial charge in [-0.15, -0.1) is 0 Å². The fourth-order valence-corrected chi connectivity index (χ4v) is 4.38. The van der Waals surface area contributed by atoms with Crippen LogP contribution in [0.3, 0.4) is 0 Å². The zero-order chi connectivity index (χ0) is 17.4. The van der Waals surface area contributed by atoms with E-state index < -0.39 is 0 Å². The summed E-state index contributed by atoms with van der Waals surface area (Å²) >= 11 is 0. The Morgan fingerprint density at radius 2 is 2.12 bits per heavy atom. The van der Waals surface area contributed by atoms with Crippen LogP contribution >= 0.6 is 0 Å². The Kier molecular flexibility index (Phi) is 4.25. The van der Waals surface area contributed by atoms with Crippen LogP contribution in [0.2, 0.25) is 0 Å². The lowest BCUT2D eigenvalue weighted by molar-refractivity contribution is -0.145. The molecule has 2 heterocycles. The number of anilines is 1. The van der Waals surface area contributed by atoms with Crippen molar-refractivity contribution in [2.75, 3.05) is 24.7 Å². The Morgan fingerprint density at radius 1 is 1.32 bits per heavy atom. The summed E-state index contributed by atoms with van der Waals surface area (Å²) in [6, 6.07) is 7.22. The number of nitrogens with one attached hydrogen (secondary N) is 1. The van der Waals surface area contributed by atoms with Gasteiger partial charge in [-0.2, -0.15) is 0 Å². The first-order chi connectivity index (χ1) is 12.1. The van der Waals surface area contributed by atoms with E-state index in [4.69, 9.17) is 4.74 Å². The number of ether oxygens (including phenoxy) is 1. The highest BCUT2D eigenvalue weighted by Gasteiger charge is 2.55. The van der Waals surface area contributed by atoms with Crippen LogP contribution < -0.4 is 10.2 Å². The van der Waals surface area contributed by atoms with Crippen LogP contribution in [-0.4, -0.2) is 48.8 Å². The standard InChI is InChI=1S/C19H24N2O4/c22-16-12-15(19(16)6-9-25-10-7-19)20-18(24)13-3-1-4-14(11-13)21-8-2-5-17(21)23/h1,3-4,11,15-16,22H,2,5-10,12H2,(H,20,24)/t15-,16-/m1/s1. The molecule has 25 heavy (non-hydrogen) atoms. The summed E-state index contributed by atoms with van der Waals surface area (Å²) in [4.78, 5) is 26.4. The van der Waals surface area contributed by atoms with Crippen molar-refractivity contribution < 1.29 is 19.4 Å². The molecule has 1 spiro atoms. The highest BCUT2D eigenvalue weighted by atomic mass is 16.5. The number of rotatable bonds is 3. The molecule has 4 rings (SSSR count).